The number of amides is 1. The van der Waals surface area contributed by atoms with E-state index in [1.54, 1.807) is 0 Å². The van der Waals surface area contributed by atoms with Crippen molar-refractivity contribution in [1.29, 1.82) is 0 Å². The number of nitrogens with zero attached hydrogens (tertiary/aromatic N) is 1. The summed E-state index contributed by atoms with van der Waals surface area (Å²) in [7, 11) is 1.47. The molecule has 2 N–H and O–H groups in total. The van der Waals surface area contributed by atoms with Crippen LogP contribution >= 0.6 is 7.82 Å². The number of ether oxygens (including phenoxy) is 1. The van der Waals surface area contributed by atoms with Gasteiger partial charge in [0.05, 0.1) is 33.8 Å². The maximum Gasteiger partial charge on any atom is 0.472 e. The van der Waals surface area contributed by atoms with Gasteiger partial charge in [0.1, 0.15) is 19.3 Å². The third-order valence-corrected chi connectivity index (χ3v) is 12.9. The summed E-state index contributed by atoms with van der Waals surface area (Å²) in [6.07, 6.45) is 57.8. The topological polar surface area (TPSA) is 111 Å². The monoisotopic (exact) mass is 962 g/mol. The fourth-order valence-corrected chi connectivity index (χ4v) is 8.39. The molecule has 9 nitrogen and oxygen atoms in total. The predicted molar refractivity (Wildman–Crippen MR) is 286 cm³/mol. The molecule has 0 saturated heterocycles. The van der Waals surface area contributed by atoms with E-state index in [4.69, 9.17) is 13.8 Å². The zero-order chi connectivity index (χ0) is 49.4. The highest BCUT2D eigenvalue weighted by atomic mass is 31.2. The van der Waals surface area contributed by atoms with Gasteiger partial charge in [0.15, 0.2) is 0 Å². The van der Waals surface area contributed by atoms with E-state index in [1.165, 1.54) is 103 Å². The number of hydrogen-bond donors (Lipinski definition) is 2. The molecule has 0 aromatic heterocycles. The number of phosphoric acid groups is 1. The summed E-state index contributed by atoms with van der Waals surface area (Å²) in [5.74, 6) is -0.537. The van der Waals surface area contributed by atoms with Crippen LogP contribution in [-0.2, 0) is 27.9 Å². The molecule has 0 aromatic carbocycles. The van der Waals surface area contributed by atoms with Crippen LogP contribution in [0, 0.1) is 0 Å². The highest BCUT2D eigenvalue weighted by Gasteiger charge is 2.30. The largest absolute Gasteiger partial charge is 0.472 e. The van der Waals surface area contributed by atoms with Crippen LogP contribution in [0.15, 0.2) is 60.8 Å². The third kappa shape index (κ3) is 48.5. The van der Waals surface area contributed by atoms with Crippen molar-refractivity contribution >= 4 is 19.7 Å². The van der Waals surface area contributed by atoms with Crippen LogP contribution in [0.1, 0.15) is 239 Å². The van der Waals surface area contributed by atoms with Gasteiger partial charge in [-0.2, -0.15) is 0 Å². The van der Waals surface area contributed by atoms with Gasteiger partial charge in [-0.25, -0.2) is 4.57 Å². The fraction of sp³-hybridized carbons (Fsp3) is 0.789. The van der Waals surface area contributed by atoms with Gasteiger partial charge in [0, 0.05) is 12.8 Å². The second-order valence-electron chi connectivity index (χ2n) is 19.7. The van der Waals surface area contributed by atoms with Gasteiger partial charge < -0.3 is 19.4 Å². The zero-order valence-electron chi connectivity index (χ0n) is 44.4. The fourth-order valence-electron chi connectivity index (χ4n) is 7.65. The number of unbranched alkanes of at least 4 members (excludes halogenated alkanes) is 25. The first-order chi connectivity index (χ1) is 32.4. The van der Waals surface area contributed by atoms with Gasteiger partial charge in [-0.15, -0.1) is 0 Å². The van der Waals surface area contributed by atoms with Crippen LogP contribution in [0.25, 0.3) is 0 Å². The van der Waals surface area contributed by atoms with Gasteiger partial charge in [-0.05, 0) is 89.5 Å². The molecule has 0 spiro atoms. The van der Waals surface area contributed by atoms with Gasteiger partial charge in [0.25, 0.3) is 0 Å². The number of carbonyl (C=O) groups is 2. The van der Waals surface area contributed by atoms with Crippen LogP contribution < -0.4 is 5.32 Å². The Morgan fingerprint density at radius 1 is 0.537 bits per heavy atom. The molecule has 10 heteroatoms. The van der Waals surface area contributed by atoms with Crippen LogP contribution in [-0.4, -0.2) is 74.3 Å². The molecule has 3 unspecified atom stereocenters. The lowest BCUT2D eigenvalue weighted by Crippen LogP contribution is -2.47. The molecular weight excluding hydrogens is 856 g/mol. The second kappa shape index (κ2) is 47.4. The molecule has 0 aromatic rings. The Bertz CT molecular complexity index is 1340. The zero-order valence-corrected chi connectivity index (χ0v) is 45.3. The summed E-state index contributed by atoms with van der Waals surface area (Å²) < 4.78 is 30.5. The number of rotatable bonds is 49. The van der Waals surface area contributed by atoms with Crippen molar-refractivity contribution < 1.29 is 37.3 Å². The first kappa shape index (κ1) is 64.7. The molecule has 1 amide bonds. The van der Waals surface area contributed by atoms with Gasteiger partial charge >= 0.3 is 13.8 Å². The molecule has 0 heterocycles. The number of hydrogen-bond acceptors (Lipinski definition) is 6. The van der Waals surface area contributed by atoms with Gasteiger partial charge in [-0.3, -0.25) is 18.6 Å². The molecule has 390 valence electrons. The lowest BCUT2D eigenvalue weighted by molar-refractivity contribution is -0.870. The van der Waals surface area contributed by atoms with E-state index in [1.807, 2.05) is 33.3 Å². The molecule has 0 aliphatic carbocycles. The Hall–Kier alpha value is -2.29. The SMILES string of the molecule is CC/C=C/C/C=C/C/C=C/CCCCCCC(=O)NC(COP(=O)(O)OCC[N+](C)(C)C)C(/C=C/CCCCCCCCCCCC)OC(=O)CCCCCCCCC/C=C\CCCCCC. The Balaban J connectivity index is 5.43. The number of likely N-dealkylation sites (N-methyl/N-ethyl adjacent to an activating group) is 1. The van der Waals surface area contributed by atoms with Crippen molar-refractivity contribution in [3.8, 4) is 0 Å². The van der Waals surface area contributed by atoms with E-state index in [-0.39, 0.29) is 31.5 Å². The molecular formula is C57H106N2O7P+. The van der Waals surface area contributed by atoms with Crippen LogP contribution in [0.5, 0.6) is 0 Å². The molecule has 67 heavy (non-hydrogen) atoms. The summed E-state index contributed by atoms with van der Waals surface area (Å²) in [6.45, 7) is 6.85. The molecule has 0 radical (unpaired) electrons. The number of carbonyl (C=O) groups excluding carboxylic acids is 2. The van der Waals surface area contributed by atoms with E-state index in [9.17, 15) is 19.0 Å². The molecule has 0 rings (SSSR count). The first-order valence-electron chi connectivity index (χ1n) is 27.6. The van der Waals surface area contributed by atoms with Gasteiger partial charge in [-0.1, -0.05) is 197 Å². The lowest BCUT2D eigenvalue weighted by atomic mass is 10.0. The maximum atomic E-state index is 13.5. The molecule has 0 bridgehead atoms. The van der Waals surface area contributed by atoms with Crippen molar-refractivity contribution in [1.82, 2.24) is 5.32 Å². The van der Waals surface area contributed by atoms with Gasteiger partial charge in [0.2, 0.25) is 5.91 Å². The molecule has 0 aliphatic rings. The van der Waals surface area contributed by atoms with Crippen molar-refractivity contribution in [2.45, 2.75) is 251 Å². The molecule has 0 fully saturated rings. The van der Waals surface area contributed by atoms with Crippen molar-refractivity contribution in [3.05, 3.63) is 60.8 Å². The Kier molecular flexibility index (Phi) is 45.8. The number of allylic oxidation sites excluding steroid dienone is 9. The van der Waals surface area contributed by atoms with Crippen LogP contribution in [0.2, 0.25) is 0 Å². The van der Waals surface area contributed by atoms with Crippen molar-refractivity contribution in [2.75, 3.05) is 40.9 Å². The van der Waals surface area contributed by atoms with E-state index >= 15 is 0 Å². The molecule has 0 aliphatic heterocycles. The average molecular weight is 962 g/mol. The second-order valence-corrected chi connectivity index (χ2v) is 21.2. The van der Waals surface area contributed by atoms with E-state index in [0.717, 1.165) is 103 Å². The minimum Gasteiger partial charge on any atom is -0.456 e. The van der Waals surface area contributed by atoms with Crippen LogP contribution in [0.3, 0.4) is 0 Å². The van der Waals surface area contributed by atoms with Crippen LogP contribution in [0.4, 0.5) is 0 Å². The number of nitrogens with one attached hydrogen (secondary N) is 1. The van der Waals surface area contributed by atoms with E-state index in [0.29, 0.717) is 17.4 Å². The Labute approximate surface area is 413 Å². The highest BCUT2D eigenvalue weighted by molar-refractivity contribution is 7.47. The Morgan fingerprint density at radius 2 is 0.955 bits per heavy atom. The number of quaternary nitrogens is 1. The smallest absolute Gasteiger partial charge is 0.456 e. The van der Waals surface area contributed by atoms with Crippen molar-refractivity contribution in [2.24, 2.45) is 0 Å². The minimum absolute atomic E-state index is 0.0336. The maximum absolute atomic E-state index is 13.5. The summed E-state index contributed by atoms with van der Waals surface area (Å²) >= 11 is 0. The van der Waals surface area contributed by atoms with Crippen molar-refractivity contribution in [3.63, 3.8) is 0 Å². The molecule has 0 saturated carbocycles. The molecule has 3 atom stereocenters. The first-order valence-corrected chi connectivity index (χ1v) is 29.1. The predicted octanol–water partition coefficient (Wildman–Crippen LogP) is 16.3. The summed E-state index contributed by atoms with van der Waals surface area (Å²) in [5, 5.41) is 3.03. The number of esters is 1. The normalized spacial score (nSPS) is 14.3. The van der Waals surface area contributed by atoms with E-state index < -0.39 is 20.0 Å². The minimum atomic E-state index is -4.45. The Morgan fingerprint density at radius 3 is 1.46 bits per heavy atom. The van der Waals surface area contributed by atoms with E-state index in [2.05, 4.69) is 74.7 Å². The summed E-state index contributed by atoms with van der Waals surface area (Å²) in [5.41, 5.74) is 0. The summed E-state index contributed by atoms with van der Waals surface area (Å²) in [4.78, 5) is 37.5. The lowest BCUT2D eigenvalue weighted by Gasteiger charge is -2.27. The third-order valence-electron chi connectivity index (χ3n) is 11.9. The summed E-state index contributed by atoms with van der Waals surface area (Å²) in [6, 6.07) is -0.861. The highest BCUT2D eigenvalue weighted by Crippen LogP contribution is 2.43. The quantitative estimate of drug-likeness (QED) is 0.0205. The average Bonchev–Trinajstić information content (AvgIpc) is 3.28. The number of phosphoric ester groups is 1. The standard InChI is InChI=1S/C57H105N2O7P/c1-7-10-13-16-19-22-25-28-30-32-35-38-41-44-47-50-57(61)66-55(48-45-42-39-36-33-27-24-21-18-15-12-9-3)54(53-65-67(62,63)64-52-51-59(4,5)6)58-56(60)49-46-43-40-37-34-31-29-26-23-20-17-14-11-8-2/h11,14,20,22-23,25,29,31,45,48,54-55H,7-10,12-13,15-19,21,24,26-28,30,32-44,46-47,49-53H2,1-6H3,(H-,58,60,62,63)/p+1/b14-11+,23-20+,25-22-,31-29+,48-45+.